The zero-order chi connectivity index (χ0) is 19.6. The molecule has 1 aromatic carbocycles. The third kappa shape index (κ3) is 4.00. The van der Waals surface area contributed by atoms with Gasteiger partial charge in [-0.15, -0.1) is 0 Å². The highest BCUT2D eigenvalue weighted by Gasteiger charge is 2.27. The molecule has 1 aromatic heterocycles. The van der Waals surface area contributed by atoms with Crippen LogP contribution in [0.4, 0.5) is 5.82 Å². The fourth-order valence-corrected chi connectivity index (χ4v) is 4.91. The number of anilines is 1. The average molecular weight is 391 g/mol. The first-order chi connectivity index (χ1) is 14.3. The topological polar surface area (TPSA) is 49.3 Å². The summed E-state index contributed by atoms with van der Waals surface area (Å²) >= 11 is 0. The van der Waals surface area contributed by atoms with Crippen LogP contribution >= 0.6 is 0 Å². The van der Waals surface area contributed by atoms with E-state index >= 15 is 0 Å². The number of amides is 1. The van der Waals surface area contributed by atoms with Gasteiger partial charge >= 0.3 is 0 Å². The molecule has 152 valence electrons. The van der Waals surface area contributed by atoms with Gasteiger partial charge in [-0.3, -0.25) is 4.79 Å². The number of piperidine rings is 1. The number of benzene rings is 1. The predicted molar refractivity (Wildman–Crippen MR) is 114 cm³/mol. The molecule has 0 atom stereocenters. The zero-order valence-corrected chi connectivity index (χ0v) is 17.1. The lowest BCUT2D eigenvalue weighted by atomic mass is 9.83. The van der Waals surface area contributed by atoms with Crippen LogP contribution in [-0.2, 0) is 17.8 Å². The molecule has 2 aromatic rings. The molecule has 3 aliphatic rings. The molecule has 5 rings (SSSR count). The number of hydrogen-bond donors (Lipinski definition) is 0. The Morgan fingerprint density at radius 2 is 1.79 bits per heavy atom. The first-order valence-corrected chi connectivity index (χ1v) is 11.2. The third-order valence-electron chi connectivity index (χ3n) is 7.08. The Bertz CT molecular complexity index is 871. The Hall–Kier alpha value is -2.43. The van der Waals surface area contributed by atoms with E-state index in [-0.39, 0.29) is 0 Å². The number of carbonyl (C=O) groups excluding carboxylic acids is 1. The van der Waals surface area contributed by atoms with Crippen molar-refractivity contribution in [2.45, 2.75) is 57.4 Å². The Balaban J connectivity index is 1.14. The van der Waals surface area contributed by atoms with Gasteiger partial charge < -0.3 is 9.80 Å². The fourth-order valence-electron chi connectivity index (χ4n) is 4.91. The molecule has 1 saturated heterocycles. The summed E-state index contributed by atoms with van der Waals surface area (Å²) in [6, 6.07) is 10.7. The second-order valence-electron chi connectivity index (χ2n) is 8.90. The summed E-state index contributed by atoms with van der Waals surface area (Å²) in [6.45, 7) is 3.61. The van der Waals surface area contributed by atoms with Gasteiger partial charge in [0.25, 0.3) is 0 Å². The number of hydrogen-bond acceptors (Lipinski definition) is 4. The van der Waals surface area contributed by atoms with Gasteiger partial charge in [-0.1, -0.05) is 30.7 Å². The van der Waals surface area contributed by atoms with Crippen molar-refractivity contribution in [3.8, 4) is 0 Å². The first-order valence-electron chi connectivity index (χ1n) is 11.2. The molecule has 5 nitrogen and oxygen atoms in total. The summed E-state index contributed by atoms with van der Waals surface area (Å²) in [5.74, 6) is 2.53. The lowest BCUT2D eigenvalue weighted by molar-refractivity contribution is -0.133. The summed E-state index contributed by atoms with van der Waals surface area (Å²) in [5.41, 5.74) is 3.92. The largest absolute Gasteiger partial charge is 0.356 e. The standard InChI is InChI=1S/C24H30N4O/c29-24(28-13-10-19-4-1-2-5-21(19)16-28)14-18-8-11-27(12-9-18)23-15-22(25-17-26-23)20-6-3-7-20/h1-2,4-5,15,17-18,20H,3,6-14,16H2. The average Bonchev–Trinajstić information content (AvgIpc) is 2.73. The lowest BCUT2D eigenvalue weighted by Crippen LogP contribution is -2.39. The van der Waals surface area contributed by atoms with Crippen molar-refractivity contribution in [2.24, 2.45) is 5.92 Å². The van der Waals surface area contributed by atoms with Crippen molar-refractivity contribution in [3.63, 3.8) is 0 Å². The van der Waals surface area contributed by atoms with E-state index in [1.165, 1.54) is 36.1 Å². The summed E-state index contributed by atoms with van der Waals surface area (Å²) in [5, 5.41) is 0. The van der Waals surface area contributed by atoms with E-state index in [0.717, 1.165) is 51.3 Å². The number of rotatable bonds is 4. The van der Waals surface area contributed by atoms with Crippen molar-refractivity contribution in [1.82, 2.24) is 14.9 Å². The zero-order valence-electron chi connectivity index (χ0n) is 17.1. The second-order valence-corrected chi connectivity index (χ2v) is 8.90. The first kappa shape index (κ1) is 18.6. The van der Waals surface area contributed by atoms with E-state index in [1.54, 1.807) is 6.33 Å². The Morgan fingerprint density at radius 1 is 1.00 bits per heavy atom. The molecule has 1 aliphatic carbocycles. The highest BCUT2D eigenvalue weighted by molar-refractivity contribution is 5.76. The maximum absolute atomic E-state index is 12.9. The van der Waals surface area contributed by atoms with E-state index < -0.39 is 0 Å². The molecule has 0 unspecified atom stereocenters. The maximum atomic E-state index is 12.9. The Labute approximate surface area is 173 Å². The van der Waals surface area contributed by atoms with Crippen LogP contribution in [0.2, 0.25) is 0 Å². The van der Waals surface area contributed by atoms with Gasteiger partial charge in [0, 0.05) is 50.3 Å². The number of fused-ring (bicyclic) bond motifs is 1. The van der Waals surface area contributed by atoms with Crippen LogP contribution < -0.4 is 4.90 Å². The van der Waals surface area contributed by atoms with Crippen molar-refractivity contribution in [1.29, 1.82) is 0 Å². The van der Waals surface area contributed by atoms with Gasteiger partial charge in [0.05, 0.1) is 0 Å². The quantitative estimate of drug-likeness (QED) is 0.794. The molecule has 5 heteroatoms. The third-order valence-corrected chi connectivity index (χ3v) is 7.08. The van der Waals surface area contributed by atoms with Crippen LogP contribution in [0.1, 0.15) is 61.3 Å². The van der Waals surface area contributed by atoms with E-state index in [4.69, 9.17) is 0 Å². The fraction of sp³-hybridized carbons (Fsp3) is 0.542. The van der Waals surface area contributed by atoms with E-state index in [0.29, 0.717) is 24.2 Å². The van der Waals surface area contributed by atoms with Crippen LogP contribution in [0.15, 0.2) is 36.7 Å². The van der Waals surface area contributed by atoms with Gasteiger partial charge in [0.15, 0.2) is 0 Å². The number of carbonyl (C=O) groups is 1. The highest BCUT2D eigenvalue weighted by Crippen LogP contribution is 2.36. The Kier molecular flexibility index (Phi) is 5.21. The second kappa shape index (κ2) is 8.13. The Morgan fingerprint density at radius 3 is 2.55 bits per heavy atom. The summed E-state index contributed by atoms with van der Waals surface area (Å²) in [4.78, 5) is 26.3. The van der Waals surface area contributed by atoms with Crippen molar-refractivity contribution < 1.29 is 4.79 Å². The van der Waals surface area contributed by atoms with Gasteiger partial charge in [-0.25, -0.2) is 9.97 Å². The predicted octanol–water partition coefficient (Wildman–Crippen LogP) is 3.94. The summed E-state index contributed by atoms with van der Waals surface area (Å²) in [7, 11) is 0. The molecule has 1 saturated carbocycles. The molecule has 0 spiro atoms. The van der Waals surface area contributed by atoms with Crippen molar-refractivity contribution >= 4 is 11.7 Å². The smallest absolute Gasteiger partial charge is 0.223 e. The SMILES string of the molecule is O=C(CC1CCN(c2cc(C3CCC3)ncn2)CC1)N1CCc2ccccc2C1. The van der Waals surface area contributed by atoms with Gasteiger partial charge in [-0.05, 0) is 49.1 Å². The van der Waals surface area contributed by atoms with Crippen LogP contribution in [0.25, 0.3) is 0 Å². The summed E-state index contributed by atoms with van der Waals surface area (Å²) < 4.78 is 0. The van der Waals surface area contributed by atoms with Gasteiger partial charge in [-0.2, -0.15) is 0 Å². The molecular weight excluding hydrogens is 360 g/mol. The molecule has 1 amide bonds. The normalized spacial score (nSPS) is 20.3. The van der Waals surface area contributed by atoms with Crippen LogP contribution in [-0.4, -0.2) is 40.4 Å². The number of aromatic nitrogens is 2. The van der Waals surface area contributed by atoms with Crippen molar-refractivity contribution in [3.05, 3.63) is 53.5 Å². The summed E-state index contributed by atoms with van der Waals surface area (Å²) in [6.07, 6.45) is 9.39. The van der Waals surface area contributed by atoms with Crippen molar-refractivity contribution in [2.75, 3.05) is 24.5 Å². The highest BCUT2D eigenvalue weighted by atomic mass is 16.2. The lowest BCUT2D eigenvalue weighted by Gasteiger charge is -2.35. The minimum atomic E-state index is 0.326. The molecule has 29 heavy (non-hydrogen) atoms. The van der Waals surface area contributed by atoms with Crippen LogP contribution in [0.3, 0.4) is 0 Å². The molecule has 0 bridgehead atoms. The minimum absolute atomic E-state index is 0.326. The van der Waals surface area contributed by atoms with Crippen LogP contribution in [0, 0.1) is 5.92 Å². The van der Waals surface area contributed by atoms with Gasteiger partial charge in [0.1, 0.15) is 12.1 Å². The molecule has 2 aliphatic heterocycles. The van der Waals surface area contributed by atoms with E-state index in [2.05, 4.69) is 50.1 Å². The molecule has 3 heterocycles. The van der Waals surface area contributed by atoms with E-state index in [9.17, 15) is 4.79 Å². The van der Waals surface area contributed by atoms with E-state index in [1.807, 2.05) is 0 Å². The molecule has 0 N–H and O–H groups in total. The van der Waals surface area contributed by atoms with Crippen LogP contribution in [0.5, 0.6) is 0 Å². The minimum Gasteiger partial charge on any atom is -0.356 e. The number of nitrogens with zero attached hydrogens (tertiary/aromatic N) is 4. The maximum Gasteiger partial charge on any atom is 0.223 e. The molecule has 0 radical (unpaired) electrons. The molecule has 2 fully saturated rings. The monoisotopic (exact) mass is 390 g/mol. The molecular formula is C24H30N4O. The van der Waals surface area contributed by atoms with Gasteiger partial charge in [0.2, 0.25) is 5.91 Å².